The molecule has 4 heteroatoms. The minimum Gasteiger partial charge on any atom is -0.468 e. The summed E-state index contributed by atoms with van der Waals surface area (Å²) in [5, 5.41) is 14.7. The number of fused-ring (bicyclic) bond motifs is 2. The molecule has 24 heavy (non-hydrogen) atoms. The lowest BCUT2D eigenvalue weighted by atomic mass is 9.56. The number of hydrogen-bond donors (Lipinski definition) is 2. The highest BCUT2D eigenvalue weighted by Crippen LogP contribution is 2.85. The summed E-state index contributed by atoms with van der Waals surface area (Å²) in [6.45, 7) is 0.440. The molecule has 1 aromatic heterocycles. The third-order valence-corrected chi connectivity index (χ3v) is 8.94. The molecule has 0 spiro atoms. The van der Waals surface area contributed by atoms with Crippen LogP contribution in [0.25, 0.3) is 0 Å². The van der Waals surface area contributed by atoms with E-state index < -0.39 is 5.60 Å². The quantitative estimate of drug-likeness (QED) is 0.893. The van der Waals surface area contributed by atoms with Crippen molar-refractivity contribution in [2.75, 3.05) is 6.54 Å². The van der Waals surface area contributed by atoms with E-state index >= 15 is 0 Å². The zero-order valence-electron chi connectivity index (χ0n) is 13.7. The number of rotatable bonds is 4. The van der Waals surface area contributed by atoms with E-state index in [9.17, 15) is 9.90 Å². The lowest BCUT2D eigenvalue weighted by Gasteiger charge is -2.51. The fourth-order valence-corrected chi connectivity index (χ4v) is 8.45. The van der Waals surface area contributed by atoms with Crippen molar-refractivity contribution in [1.82, 2.24) is 5.32 Å². The van der Waals surface area contributed by atoms with Gasteiger partial charge in [0, 0.05) is 12.5 Å². The Morgan fingerprint density at radius 3 is 2.79 bits per heavy atom. The fraction of sp³-hybridized carbons (Fsp3) is 0.750. The maximum absolute atomic E-state index is 12.7. The van der Waals surface area contributed by atoms with Crippen LogP contribution >= 0.6 is 0 Å². The van der Waals surface area contributed by atoms with Crippen molar-refractivity contribution in [3.63, 3.8) is 0 Å². The molecule has 6 fully saturated rings. The first-order valence-corrected chi connectivity index (χ1v) is 9.76. The second-order valence-corrected chi connectivity index (χ2v) is 9.48. The largest absolute Gasteiger partial charge is 0.468 e. The minimum absolute atomic E-state index is 0.0579. The van der Waals surface area contributed by atoms with Crippen molar-refractivity contribution >= 4 is 5.91 Å². The summed E-state index contributed by atoms with van der Waals surface area (Å²) in [5.74, 6) is 7.02. The first-order chi connectivity index (χ1) is 11.7. The van der Waals surface area contributed by atoms with Crippen molar-refractivity contribution in [3.05, 3.63) is 23.7 Å². The van der Waals surface area contributed by atoms with Crippen molar-refractivity contribution in [2.24, 2.45) is 47.3 Å². The molecule has 7 rings (SSSR count). The number of furan rings is 1. The molecule has 1 aromatic rings. The molecule has 1 amide bonds. The van der Waals surface area contributed by atoms with Gasteiger partial charge in [0.05, 0.1) is 17.4 Å². The number of nitrogens with one attached hydrogen (secondary N) is 1. The summed E-state index contributed by atoms with van der Waals surface area (Å²) >= 11 is 0. The Kier molecular flexibility index (Phi) is 2.04. The Bertz CT molecular complexity index is 761. The van der Waals surface area contributed by atoms with Crippen molar-refractivity contribution in [2.45, 2.75) is 37.2 Å². The molecule has 2 bridgehead atoms. The van der Waals surface area contributed by atoms with Crippen LogP contribution in [0.1, 0.15) is 47.7 Å². The SMILES string of the molecule is O=C(NC[C@]1(O)[C@@H]2[C@@H]3C[C@@H]4[C@@H]5[C@H]3C[C@H]2[C@H]5[C@@H]41)c1ccoc1C1CC1. The van der Waals surface area contributed by atoms with Gasteiger partial charge in [-0.05, 0) is 79.1 Å². The average Bonchev–Trinajstić information content (AvgIpc) is 2.94. The van der Waals surface area contributed by atoms with Crippen LogP contribution in [-0.2, 0) is 0 Å². The highest BCUT2D eigenvalue weighted by Gasteiger charge is 2.84. The van der Waals surface area contributed by atoms with E-state index in [2.05, 4.69) is 5.32 Å². The minimum atomic E-state index is -0.635. The monoisotopic (exact) mass is 325 g/mol. The normalized spacial score (nSPS) is 54.5. The summed E-state index contributed by atoms with van der Waals surface area (Å²) in [6, 6.07) is 1.79. The Hall–Kier alpha value is -1.29. The van der Waals surface area contributed by atoms with Gasteiger partial charge in [0.2, 0.25) is 0 Å². The summed E-state index contributed by atoms with van der Waals surface area (Å²) in [5.41, 5.74) is 0.0482. The van der Waals surface area contributed by atoms with E-state index in [4.69, 9.17) is 4.42 Å². The van der Waals surface area contributed by atoms with Gasteiger partial charge in [0.15, 0.2) is 0 Å². The molecular formula is C20H23NO3. The van der Waals surface area contributed by atoms with E-state index in [0.717, 1.165) is 54.1 Å². The summed E-state index contributed by atoms with van der Waals surface area (Å²) in [6.07, 6.45) is 6.60. The topological polar surface area (TPSA) is 62.5 Å². The number of carbonyl (C=O) groups excluding carboxylic acids is 1. The van der Waals surface area contributed by atoms with Crippen LogP contribution in [0.2, 0.25) is 0 Å². The maximum atomic E-state index is 12.7. The highest BCUT2D eigenvalue weighted by atomic mass is 16.3. The van der Waals surface area contributed by atoms with Crippen molar-refractivity contribution < 1.29 is 14.3 Å². The molecule has 0 aliphatic heterocycles. The van der Waals surface area contributed by atoms with Gasteiger partial charge in [-0.2, -0.15) is 0 Å². The molecule has 6 aliphatic rings. The molecular weight excluding hydrogens is 302 g/mol. The molecule has 1 heterocycles. The van der Waals surface area contributed by atoms with E-state index in [-0.39, 0.29) is 5.91 Å². The molecule has 6 saturated carbocycles. The Morgan fingerprint density at radius 2 is 1.96 bits per heavy atom. The third-order valence-electron chi connectivity index (χ3n) is 8.94. The first-order valence-electron chi connectivity index (χ1n) is 9.76. The van der Waals surface area contributed by atoms with E-state index in [1.54, 1.807) is 12.3 Å². The Labute approximate surface area is 141 Å². The van der Waals surface area contributed by atoms with Gasteiger partial charge < -0.3 is 14.8 Å². The molecule has 4 nitrogen and oxygen atoms in total. The number of carbonyl (C=O) groups is 1. The summed E-state index contributed by atoms with van der Waals surface area (Å²) in [4.78, 5) is 12.7. The van der Waals surface area contributed by atoms with Crippen molar-refractivity contribution in [3.8, 4) is 0 Å². The lowest BCUT2D eigenvalue weighted by Crippen LogP contribution is -2.59. The smallest absolute Gasteiger partial charge is 0.254 e. The average molecular weight is 325 g/mol. The highest BCUT2D eigenvalue weighted by molar-refractivity contribution is 5.95. The maximum Gasteiger partial charge on any atom is 0.254 e. The molecule has 2 N–H and O–H groups in total. The molecule has 0 unspecified atom stereocenters. The molecule has 6 aliphatic carbocycles. The van der Waals surface area contributed by atoms with Gasteiger partial charge in [-0.3, -0.25) is 4.79 Å². The van der Waals surface area contributed by atoms with Crippen LogP contribution in [-0.4, -0.2) is 23.2 Å². The van der Waals surface area contributed by atoms with Crippen LogP contribution in [0.4, 0.5) is 0 Å². The van der Waals surface area contributed by atoms with E-state index in [0.29, 0.717) is 29.9 Å². The molecule has 9 atom stereocenters. The molecule has 126 valence electrons. The Balaban J connectivity index is 1.16. The zero-order chi connectivity index (χ0) is 15.8. The van der Waals surface area contributed by atoms with E-state index in [1.807, 2.05) is 0 Å². The van der Waals surface area contributed by atoms with Gasteiger partial charge in [0.1, 0.15) is 5.76 Å². The second-order valence-electron chi connectivity index (χ2n) is 9.48. The van der Waals surface area contributed by atoms with Crippen molar-refractivity contribution in [1.29, 1.82) is 0 Å². The molecule has 0 saturated heterocycles. The summed E-state index contributed by atoms with van der Waals surface area (Å²) < 4.78 is 5.53. The van der Waals surface area contributed by atoms with Gasteiger partial charge in [-0.15, -0.1) is 0 Å². The van der Waals surface area contributed by atoms with Crippen LogP contribution < -0.4 is 5.32 Å². The van der Waals surface area contributed by atoms with Crippen LogP contribution in [0.15, 0.2) is 16.7 Å². The third kappa shape index (κ3) is 1.21. The predicted octanol–water partition coefficient (Wildman–Crippen LogP) is 2.40. The lowest BCUT2D eigenvalue weighted by molar-refractivity contribution is -0.126. The molecule has 0 aromatic carbocycles. The van der Waals surface area contributed by atoms with Gasteiger partial charge in [0.25, 0.3) is 5.91 Å². The Morgan fingerprint density at radius 1 is 1.17 bits per heavy atom. The number of hydrogen-bond acceptors (Lipinski definition) is 3. The van der Waals surface area contributed by atoms with Gasteiger partial charge in [-0.1, -0.05) is 0 Å². The van der Waals surface area contributed by atoms with Crippen LogP contribution in [0, 0.1) is 47.3 Å². The standard InChI is InChI=1S/C20H23NO3/c22-19(9-3-4-24-18(9)8-1-2-8)21-7-20(23)16-11-6-12-14-10(11)5-13(16)15(14)17(12)20/h3-4,8,10-17,23H,1-2,5-7H2,(H,21,22)/t10-,11+,12+,13-,14-,15+,16+,17+,20-/m0/s1. The number of aliphatic hydroxyl groups is 1. The van der Waals surface area contributed by atoms with E-state index in [1.165, 1.54) is 12.8 Å². The number of amides is 1. The second kappa shape index (κ2) is 3.77. The first kappa shape index (κ1) is 13.0. The van der Waals surface area contributed by atoms with Crippen LogP contribution in [0.3, 0.4) is 0 Å². The fourth-order valence-electron chi connectivity index (χ4n) is 8.45. The molecule has 0 radical (unpaired) electrons. The van der Waals surface area contributed by atoms with Gasteiger partial charge >= 0.3 is 0 Å². The summed E-state index contributed by atoms with van der Waals surface area (Å²) in [7, 11) is 0. The van der Waals surface area contributed by atoms with Crippen LogP contribution in [0.5, 0.6) is 0 Å². The zero-order valence-corrected chi connectivity index (χ0v) is 13.7. The predicted molar refractivity (Wildman–Crippen MR) is 85.1 cm³/mol. The van der Waals surface area contributed by atoms with Gasteiger partial charge in [-0.25, -0.2) is 0 Å².